The second-order valence-electron chi connectivity index (χ2n) is 4.49. The maximum Gasteiger partial charge on any atom is 0.327 e. The summed E-state index contributed by atoms with van der Waals surface area (Å²) in [6.07, 6.45) is 0.611. The van der Waals surface area contributed by atoms with Gasteiger partial charge in [0.05, 0.1) is 16.1 Å². The Balaban J connectivity index is 2.21. The Morgan fingerprint density at radius 3 is 2.90 bits per heavy atom. The van der Waals surface area contributed by atoms with Crippen LogP contribution in [-0.4, -0.2) is 39.2 Å². The van der Waals surface area contributed by atoms with Crippen molar-refractivity contribution in [1.29, 1.82) is 0 Å². The van der Waals surface area contributed by atoms with E-state index >= 15 is 0 Å². The average molecular weight is 333 g/mol. The highest BCUT2D eigenvalue weighted by atomic mass is 35.5. The fourth-order valence-corrected chi connectivity index (χ4v) is 3.64. The number of halogens is 2. The molecule has 2 atom stereocenters. The summed E-state index contributed by atoms with van der Waals surface area (Å²) in [7, 11) is 0. The van der Waals surface area contributed by atoms with E-state index in [-0.39, 0.29) is 16.1 Å². The number of amides is 2. The van der Waals surface area contributed by atoms with Crippen LogP contribution in [0.15, 0.2) is 18.2 Å². The van der Waals surface area contributed by atoms with Crippen molar-refractivity contribution in [2.24, 2.45) is 0 Å². The van der Waals surface area contributed by atoms with Crippen molar-refractivity contribution in [2.75, 3.05) is 11.1 Å². The molecule has 1 aromatic rings. The molecule has 0 aliphatic carbocycles. The molecule has 0 bridgehead atoms. The predicted octanol–water partition coefficient (Wildman–Crippen LogP) is 3.25. The number of anilines is 1. The number of carbonyl (C=O) groups excluding carboxylic acids is 1. The molecule has 1 aliphatic rings. The van der Waals surface area contributed by atoms with Crippen LogP contribution in [0.25, 0.3) is 0 Å². The van der Waals surface area contributed by atoms with Gasteiger partial charge < -0.3 is 10.4 Å². The molecule has 0 aromatic heterocycles. The van der Waals surface area contributed by atoms with E-state index in [1.54, 1.807) is 0 Å². The summed E-state index contributed by atoms with van der Waals surface area (Å²) in [5, 5.41) is 11.2. The SMILES string of the molecule is CCC1SCC(C(=O)O)N1C(=O)Nc1cccc(Cl)c1F. The second kappa shape index (κ2) is 6.53. The lowest BCUT2D eigenvalue weighted by molar-refractivity contribution is -0.141. The molecule has 114 valence electrons. The Kier molecular flexibility index (Phi) is 4.95. The molecule has 8 heteroatoms. The van der Waals surface area contributed by atoms with Crippen LogP contribution in [-0.2, 0) is 4.79 Å². The summed E-state index contributed by atoms with van der Waals surface area (Å²) in [6.45, 7) is 1.86. The molecular weight excluding hydrogens is 319 g/mol. The molecule has 1 saturated heterocycles. The van der Waals surface area contributed by atoms with Crippen molar-refractivity contribution >= 4 is 41.1 Å². The molecule has 1 aromatic carbocycles. The molecule has 1 heterocycles. The van der Waals surface area contributed by atoms with Crippen LogP contribution in [0.3, 0.4) is 0 Å². The molecule has 1 fully saturated rings. The van der Waals surface area contributed by atoms with Crippen LogP contribution >= 0.6 is 23.4 Å². The molecule has 2 N–H and O–H groups in total. The summed E-state index contributed by atoms with van der Waals surface area (Å²) in [6, 6.07) is 2.69. The lowest BCUT2D eigenvalue weighted by Crippen LogP contribution is -2.47. The molecule has 0 saturated carbocycles. The number of nitrogens with zero attached hydrogens (tertiary/aromatic N) is 1. The minimum Gasteiger partial charge on any atom is -0.480 e. The lowest BCUT2D eigenvalue weighted by atomic mass is 10.2. The van der Waals surface area contributed by atoms with Crippen molar-refractivity contribution in [2.45, 2.75) is 24.8 Å². The van der Waals surface area contributed by atoms with Gasteiger partial charge in [-0.05, 0) is 18.6 Å². The molecular formula is C13H14ClFN2O3S. The summed E-state index contributed by atoms with van der Waals surface area (Å²) < 4.78 is 13.8. The van der Waals surface area contributed by atoms with Gasteiger partial charge in [-0.3, -0.25) is 4.90 Å². The number of hydrogen-bond acceptors (Lipinski definition) is 3. The van der Waals surface area contributed by atoms with E-state index in [1.807, 2.05) is 6.92 Å². The van der Waals surface area contributed by atoms with E-state index < -0.39 is 23.9 Å². The Morgan fingerprint density at radius 2 is 2.29 bits per heavy atom. The Morgan fingerprint density at radius 1 is 1.57 bits per heavy atom. The van der Waals surface area contributed by atoms with Gasteiger partial charge in [0.25, 0.3) is 0 Å². The highest BCUT2D eigenvalue weighted by Gasteiger charge is 2.41. The third kappa shape index (κ3) is 3.24. The summed E-state index contributed by atoms with van der Waals surface area (Å²) >= 11 is 7.05. The predicted molar refractivity (Wildman–Crippen MR) is 80.2 cm³/mol. The van der Waals surface area contributed by atoms with Crippen LogP contribution in [0.1, 0.15) is 13.3 Å². The maximum absolute atomic E-state index is 13.8. The number of benzene rings is 1. The molecule has 0 spiro atoms. The van der Waals surface area contributed by atoms with Crippen molar-refractivity contribution in [3.8, 4) is 0 Å². The highest BCUT2D eigenvalue weighted by molar-refractivity contribution is 8.00. The van der Waals surface area contributed by atoms with Crippen molar-refractivity contribution in [1.82, 2.24) is 4.90 Å². The van der Waals surface area contributed by atoms with Crippen LogP contribution in [0.2, 0.25) is 5.02 Å². The number of carboxylic acids is 1. The van der Waals surface area contributed by atoms with E-state index in [0.717, 1.165) is 0 Å². The Hall–Kier alpha value is -1.47. The molecule has 0 radical (unpaired) electrons. The number of urea groups is 1. The van der Waals surface area contributed by atoms with E-state index in [2.05, 4.69) is 5.32 Å². The fourth-order valence-electron chi connectivity index (χ4n) is 2.12. The normalized spacial score (nSPS) is 21.4. The first-order chi connectivity index (χ1) is 9.95. The molecule has 2 rings (SSSR count). The second-order valence-corrected chi connectivity index (χ2v) is 6.11. The minimum absolute atomic E-state index is 0.0663. The molecule has 5 nitrogen and oxygen atoms in total. The van der Waals surface area contributed by atoms with Gasteiger partial charge in [0.1, 0.15) is 6.04 Å². The number of thioether (sulfide) groups is 1. The number of rotatable bonds is 3. The highest BCUT2D eigenvalue weighted by Crippen LogP contribution is 2.32. The van der Waals surface area contributed by atoms with Gasteiger partial charge in [-0.1, -0.05) is 24.6 Å². The smallest absolute Gasteiger partial charge is 0.327 e. The van der Waals surface area contributed by atoms with Crippen LogP contribution < -0.4 is 5.32 Å². The largest absolute Gasteiger partial charge is 0.480 e. The van der Waals surface area contributed by atoms with Crippen LogP contribution in [0.4, 0.5) is 14.9 Å². The number of carbonyl (C=O) groups is 2. The molecule has 1 aliphatic heterocycles. The first-order valence-corrected chi connectivity index (χ1v) is 7.76. The number of nitrogens with one attached hydrogen (secondary N) is 1. The average Bonchev–Trinajstić information content (AvgIpc) is 2.88. The molecule has 2 amide bonds. The summed E-state index contributed by atoms with van der Waals surface area (Å²) in [4.78, 5) is 24.8. The third-order valence-electron chi connectivity index (χ3n) is 3.15. The first-order valence-electron chi connectivity index (χ1n) is 6.33. The monoisotopic (exact) mass is 332 g/mol. The quantitative estimate of drug-likeness (QED) is 0.891. The van der Waals surface area contributed by atoms with E-state index in [1.165, 1.54) is 34.9 Å². The van der Waals surface area contributed by atoms with E-state index in [4.69, 9.17) is 11.6 Å². The van der Waals surface area contributed by atoms with Gasteiger partial charge in [-0.25, -0.2) is 14.0 Å². The third-order valence-corrected chi connectivity index (χ3v) is 4.90. The number of carboxylic acid groups (broad SMARTS) is 1. The molecule has 2 unspecified atom stereocenters. The van der Waals surface area contributed by atoms with Gasteiger partial charge in [0, 0.05) is 5.75 Å². The van der Waals surface area contributed by atoms with Crippen molar-refractivity contribution in [3.63, 3.8) is 0 Å². The fraction of sp³-hybridized carbons (Fsp3) is 0.385. The van der Waals surface area contributed by atoms with Crippen molar-refractivity contribution < 1.29 is 19.1 Å². The maximum atomic E-state index is 13.8. The first kappa shape index (κ1) is 15.9. The Bertz CT molecular complexity index is 572. The van der Waals surface area contributed by atoms with Gasteiger partial charge in [-0.15, -0.1) is 11.8 Å². The lowest BCUT2D eigenvalue weighted by Gasteiger charge is -2.26. The number of hydrogen-bond donors (Lipinski definition) is 2. The number of aliphatic carboxylic acids is 1. The minimum atomic E-state index is -1.07. The zero-order valence-corrected chi connectivity index (χ0v) is 12.7. The topological polar surface area (TPSA) is 69.6 Å². The zero-order valence-electron chi connectivity index (χ0n) is 11.2. The standard InChI is InChI=1S/C13H14ClFN2O3S/c1-2-10-17(9(6-21-10)12(18)19)13(20)16-8-5-3-4-7(14)11(8)15/h3-5,9-10H,2,6H2,1H3,(H,16,20)(H,18,19). The molecule has 21 heavy (non-hydrogen) atoms. The zero-order chi connectivity index (χ0) is 15.6. The van der Waals surface area contributed by atoms with Gasteiger partial charge >= 0.3 is 12.0 Å². The summed E-state index contributed by atoms with van der Waals surface area (Å²) in [5.74, 6) is -1.49. The van der Waals surface area contributed by atoms with Crippen LogP contribution in [0.5, 0.6) is 0 Å². The summed E-state index contributed by atoms with van der Waals surface area (Å²) in [5.41, 5.74) is -0.0663. The van der Waals surface area contributed by atoms with Crippen molar-refractivity contribution in [3.05, 3.63) is 29.0 Å². The van der Waals surface area contributed by atoms with Gasteiger partial charge in [0.2, 0.25) is 0 Å². The Labute approximate surface area is 130 Å². The van der Waals surface area contributed by atoms with Gasteiger partial charge in [0.15, 0.2) is 5.82 Å². The van der Waals surface area contributed by atoms with E-state index in [9.17, 15) is 19.1 Å². The van der Waals surface area contributed by atoms with Gasteiger partial charge in [-0.2, -0.15) is 0 Å². The van der Waals surface area contributed by atoms with E-state index in [0.29, 0.717) is 12.2 Å². The van der Waals surface area contributed by atoms with Crippen LogP contribution in [0, 0.1) is 5.82 Å².